The quantitative estimate of drug-likeness (QED) is 0.776. The van der Waals surface area contributed by atoms with Gasteiger partial charge in [-0.15, -0.1) is 0 Å². The Hall–Kier alpha value is -1.60. The zero-order valence-corrected chi connectivity index (χ0v) is 13.4. The van der Waals surface area contributed by atoms with Crippen molar-refractivity contribution in [3.63, 3.8) is 0 Å². The van der Waals surface area contributed by atoms with E-state index in [2.05, 4.69) is 26.6 Å². The summed E-state index contributed by atoms with van der Waals surface area (Å²) in [5.41, 5.74) is 0.252. The summed E-state index contributed by atoms with van der Waals surface area (Å²) in [6, 6.07) is 4.08. The first-order chi connectivity index (χ1) is 9.82. The summed E-state index contributed by atoms with van der Waals surface area (Å²) in [7, 11) is 0. The van der Waals surface area contributed by atoms with Gasteiger partial charge in [0, 0.05) is 11.1 Å². The molecule has 21 heavy (non-hydrogen) atoms. The summed E-state index contributed by atoms with van der Waals surface area (Å²) in [6.07, 6.45) is 0.696. The van der Waals surface area contributed by atoms with E-state index in [9.17, 15) is 9.59 Å². The molecular weight excluding hydrogens is 340 g/mol. The number of amides is 2. The smallest absolute Gasteiger partial charge is 0.335 e. The number of aromatic carboxylic acids is 1. The van der Waals surface area contributed by atoms with Crippen LogP contribution in [-0.4, -0.2) is 35.4 Å². The van der Waals surface area contributed by atoms with Gasteiger partial charge in [-0.05, 0) is 54.4 Å². The van der Waals surface area contributed by atoms with E-state index in [1.54, 1.807) is 6.07 Å². The average molecular weight is 357 g/mol. The highest BCUT2D eigenvalue weighted by atomic mass is 79.9. The second-order valence-corrected chi connectivity index (χ2v) is 6.11. The van der Waals surface area contributed by atoms with Crippen LogP contribution in [0.2, 0.25) is 0 Å². The maximum absolute atomic E-state index is 12.1. The number of halogens is 1. The van der Waals surface area contributed by atoms with Crippen LogP contribution in [0.1, 0.15) is 30.6 Å². The lowest BCUT2D eigenvalue weighted by Gasteiger charge is -2.29. The van der Waals surface area contributed by atoms with Gasteiger partial charge in [-0.25, -0.2) is 9.59 Å². The molecule has 1 aliphatic heterocycles. The maximum Gasteiger partial charge on any atom is 0.335 e. The van der Waals surface area contributed by atoms with E-state index < -0.39 is 11.5 Å². The van der Waals surface area contributed by atoms with Crippen molar-refractivity contribution in [1.82, 2.24) is 5.32 Å². The van der Waals surface area contributed by atoms with Crippen molar-refractivity contribution in [2.75, 3.05) is 11.9 Å². The fourth-order valence-corrected chi connectivity index (χ4v) is 2.64. The van der Waals surface area contributed by atoms with Crippen molar-refractivity contribution >= 4 is 33.6 Å². The number of carboxylic acid groups (broad SMARTS) is 1. The van der Waals surface area contributed by atoms with Crippen molar-refractivity contribution in [2.45, 2.75) is 31.9 Å². The summed E-state index contributed by atoms with van der Waals surface area (Å²) in [4.78, 5) is 22.9. The minimum absolute atomic E-state index is 0.0546. The van der Waals surface area contributed by atoms with Gasteiger partial charge < -0.3 is 20.5 Å². The topological polar surface area (TPSA) is 87.7 Å². The molecule has 1 aromatic rings. The lowest BCUT2D eigenvalue weighted by molar-refractivity contribution is 0.0697. The number of hydrogen-bond acceptors (Lipinski definition) is 3. The first-order valence-electron chi connectivity index (χ1n) is 6.55. The number of carboxylic acids is 1. The Morgan fingerprint density at radius 1 is 1.48 bits per heavy atom. The summed E-state index contributed by atoms with van der Waals surface area (Å²) in [5, 5.41) is 14.5. The molecular formula is C14H17BrN2O4. The Morgan fingerprint density at radius 3 is 2.71 bits per heavy atom. The summed E-state index contributed by atoms with van der Waals surface area (Å²) in [6.45, 7) is 4.48. The Kier molecular flexibility index (Phi) is 4.53. The lowest BCUT2D eigenvalue weighted by atomic mass is 9.95. The first-order valence-corrected chi connectivity index (χ1v) is 7.35. The molecule has 1 aliphatic rings. The molecule has 2 rings (SSSR count). The fourth-order valence-electron chi connectivity index (χ4n) is 2.16. The average Bonchev–Trinajstić information content (AvgIpc) is 2.71. The largest absolute Gasteiger partial charge is 0.478 e. The Morgan fingerprint density at radius 2 is 2.19 bits per heavy atom. The van der Waals surface area contributed by atoms with Crippen LogP contribution in [0.25, 0.3) is 0 Å². The maximum atomic E-state index is 12.1. The zero-order chi connectivity index (χ0) is 15.6. The number of anilines is 1. The number of hydrogen-bond donors (Lipinski definition) is 3. The molecule has 2 unspecified atom stereocenters. The molecule has 7 heteroatoms. The van der Waals surface area contributed by atoms with Crippen LogP contribution in [0.15, 0.2) is 22.7 Å². The van der Waals surface area contributed by atoms with E-state index in [0.717, 1.165) is 6.42 Å². The van der Waals surface area contributed by atoms with Crippen LogP contribution in [0.5, 0.6) is 0 Å². The number of benzene rings is 1. The highest BCUT2D eigenvalue weighted by molar-refractivity contribution is 9.10. The standard InChI is InChI=1S/C14H17BrN2O4/c1-8-14(2,5-6-21-8)17-13(20)16-11-4-3-9(12(18)19)7-10(11)15/h3-4,7-8H,5-6H2,1-2H3,(H,18,19)(H2,16,17,20). The molecule has 3 N–H and O–H groups in total. The van der Waals surface area contributed by atoms with Gasteiger partial charge in [-0.3, -0.25) is 0 Å². The molecule has 0 bridgehead atoms. The third-order valence-corrected chi connectivity index (χ3v) is 4.41. The van der Waals surface area contributed by atoms with Crippen LogP contribution >= 0.6 is 15.9 Å². The van der Waals surface area contributed by atoms with Gasteiger partial charge in [0.25, 0.3) is 0 Å². The van der Waals surface area contributed by atoms with E-state index >= 15 is 0 Å². The first kappa shape index (κ1) is 15.8. The molecule has 114 valence electrons. The molecule has 1 aromatic carbocycles. The molecule has 1 heterocycles. The fraction of sp³-hybridized carbons (Fsp3) is 0.429. The molecule has 0 aliphatic carbocycles. The zero-order valence-electron chi connectivity index (χ0n) is 11.8. The van der Waals surface area contributed by atoms with Crippen LogP contribution in [-0.2, 0) is 4.74 Å². The predicted octanol–water partition coefficient (Wildman–Crippen LogP) is 2.84. The van der Waals surface area contributed by atoms with Crippen molar-refractivity contribution in [3.05, 3.63) is 28.2 Å². The monoisotopic (exact) mass is 356 g/mol. The second kappa shape index (κ2) is 6.03. The summed E-state index contributed by atoms with van der Waals surface area (Å²) >= 11 is 3.25. The molecule has 1 saturated heterocycles. The lowest BCUT2D eigenvalue weighted by Crippen LogP contribution is -2.52. The van der Waals surface area contributed by atoms with E-state index in [4.69, 9.17) is 9.84 Å². The second-order valence-electron chi connectivity index (χ2n) is 5.26. The number of carbonyl (C=O) groups is 2. The third-order valence-electron chi connectivity index (χ3n) is 3.75. The molecule has 0 saturated carbocycles. The molecule has 1 fully saturated rings. The highest BCUT2D eigenvalue weighted by Gasteiger charge is 2.38. The van der Waals surface area contributed by atoms with Crippen LogP contribution in [0.4, 0.5) is 10.5 Å². The van der Waals surface area contributed by atoms with Gasteiger partial charge in [-0.1, -0.05) is 0 Å². The van der Waals surface area contributed by atoms with E-state index in [0.29, 0.717) is 16.8 Å². The molecule has 6 nitrogen and oxygen atoms in total. The van der Waals surface area contributed by atoms with Crippen molar-refractivity contribution in [2.24, 2.45) is 0 Å². The number of nitrogens with one attached hydrogen (secondary N) is 2. The van der Waals surface area contributed by atoms with Gasteiger partial charge in [0.15, 0.2) is 0 Å². The molecule has 2 amide bonds. The molecule has 0 spiro atoms. The number of ether oxygens (including phenoxy) is 1. The van der Waals surface area contributed by atoms with Gasteiger partial charge in [0.2, 0.25) is 0 Å². The number of carbonyl (C=O) groups excluding carboxylic acids is 1. The van der Waals surface area contributed by atoms with E-state index in [1.165, 1.54) is 12.1 Å². The molecule has 0 radical (unpaired) electrons. The Labute approximate surface area is 131 Å². The minimum Gasteiger partial charge on any atom is -0.478 e. The number of urea groups is 1. The van der Waals surface area contributed by atoms with Crippen molar-refractivity contribution in [3.8, 4) is 0 Å². The molecule has 2 atom stereocenters. The third kappa shape index (κ3) is 3.54. The summed E-state index contributed by atoms with van der Waals surface area (Å²) < 4.78 is 5.98. The van der Waals surface area contributed by atoms with Crippen molar-refractivity contribution in [1.29, 1.82) is 0 Å². The Bertz CT molecular complexity index is 578. The SMILES string of the molecule is CC1OCCC1(C)NC(=O)Nc1ccc(C(=O)O)cc1Br. The predicted molar refractivity (Wildman–Crippen MR) is 81.7 cm³/mol. The van der Waals surface area contributed by atoms with E-state index in [-0.39, 0.29) is 17.7 Å². The van der Waals surface area contributed by atoms with Crippen LogP contribution < -0.4 is 10.6 Å². The van der Waals surface area contributed by atoms with Gasteiger partial charge in [0.1, 0.15) is 0 Å². The highest BCUT2D eigenvalue weighted by Crippen LogP contribution is 2.26. The van der Waals surface area contributed by atoms with Crippen LogP contribution in [0.3, 0.4) is 0 Å². The summed E-state index contributed by atoms with van der Waals surface area (Å²) in [5.74, 6) is -1.02. The minimum atomic E-state index is -1.02. The van der Waals surface area contributed by atoms with Gasteiger partial charge in [-0.2, -0.15) is 0 Å². The van der Waals surface area contributed by atoms with E-state index in [1.807, 2.05) is 13.8 Å². The normalized spacial score (nSPS) is 24.6. The van der Waals surface area contributed by atoms with Crippen molar-refractivity contribution < 1.29 is 19.4 Å². The van der Waals surface area contributed by atoms with Crippen LogP contribution in [0, 0.1) is 0 Å². The van der Waals surface area contributed by atoms with Gasteiger partial charge >= 0.3 is 12.0 Å². The van der Waals surface area contributed by atoms with Gasteiger partial charge in [0.05, 0.1) is 22.9 Å². The molecule has 0 aromatic heterocycles. The Balaban J connectivity index is 2.05. The number of rotatable bonds is 3.